The molecule has 19 heavy (non-hydrogen) atoms. The van der Waals surface area contributed by atoms with Gasteiger partial charge in [-0.15, -0.1) is 0 Å². The van der Waals surface area contributed by atoms with Gasteiger partial charge in [-0.25, -0.2) is 0 Å². The summed E-state index contributed by atoms with van der Waals surface area (Å²) in [5.74, 6) is 5.42. The Hall–Kier alpha value is -0.205. The quantitative estimate of drug-likeness (QED) is 0.173. The fourth-order valence-corrected chi connectivity index (χ4v) is 7.40. The fraction of sp³-hybridized carbons (Fsp3) is 0.833. The number of carbonyl (C=O) groups is 2. The van der Waals surface area contributed by atoms with Gasteiger partial charge in [0, 0.05) is 0 Å². The number of hydrogen-bond donors (Lipinski definition) is 2. The zero-order valence-electron chi connectivity index (χ0n) is 12.5. The third-order valence-corrected chi connectivity index (χ3v) is 10.8. The van der Waals surface area contributed by atoms with E-state index in [0.29, 0.717) is 23.7 Å². The van der Waals surface area contributed by atoms with Crippen molar-refractivity contribution < 1.29 is 38.9 Å². The van der Waals surface area contributed by atoms with Gasteiger partial charge in [0.05, 0.1) is 0 Å². The van der Waals surface area contributed by atoms with E-state index in [1.807, 2.05) is 20.8 Å². The van der Waals surface area contributed by atoms with Gasteiger partial charge in [0.1, 0.15) is 0 Å². The number of hydrogen-bond acceptors (Lipinski definition) is 4. The first kappa shape index (κ1) is 18.8. The Morgan fingerprint density at radius 1 is 1.37 bits per heavy atom. The molecule has 6 nitrogen and oxygen atoms in total. The molecule has 3 N–H and O–H groups in total. The number of nitrogens with one attached hydrogen (secondary N) is 1. The van der Waals surface area contributed by atoms with Crippen molar-refractivity contribution in [2.24, 2.45) is 5.84 Å². The van der Waals surface area contributed by atoms with Crippen molar-refractivity contribution >= 4 is 11.8 Å². The van der Waals surface area contributed by atoms with E-state index in [0.717, 1.165) is 11.4 Å². The molecule has 0 aliphatic rings. The molecular formula is C12H25HgN3O3. The van der Waals surface area contributed by atoms with E-state index in [9.17, 15) is 9.59 Å². The standard InChI is InChI=1S/C7H14NO2.C5H11N2O.Hg/c1-3-5-10-6-4-7(9)8-2;1-4(2)5(8)7(3)6;/h2-6H2,1H3,(H,8,9);6H2,1-3H3;. The van der Waals surface area contributed by atoms with E-state index >= 15 is 0 Å². The molecule has 2 amide bonds. The molecule has 0 fully saturated rings. The van der Waals surface area contributed by atoms with Crippen molar-refractivity contribution in [1.29, 1.82) is 0 Å². The van der Waals surface area contributed by atoms with Crippen LogP contribution in [0.15, 0.2) is 0 Å². The summed E-state index contributed by atoms with van der Waals surface area (Å²) in [4.78, 5) is 23.3. The molecule has 0 spiro atoms. The Labute approximate surface area is 127 Å². The molecule has 0 unspecified atom stereocenters. The van der Waals surface area contributed by atoms with Crippen LogP contribution in [0.25, 0.3) is 0 Å². The van der Waals surface area contributed by atoms with Gasteiger partial charge in [-0.3, -0.25) is 0 Å². The molecule has 0 heterocycles. The van der Waals surface area contributed by atoms with Crippen LogP contribution in [0.3, 0.4) is 0 Å². The zero-order valence-corrected chi connectivity index (χ0v) is 18.0. The Bertz CT molecular complexity index is 296. The molecule has 0 aliphatic carbocycles. The molecule has 0 aromatic heterocycles. The van der Waals surface area contributed by atoms with Gasteiger partial charge in [0.25, 0.3) is 0 Å². The topological polar surface area (TPSA) is 84.7 Å². The molecule has 0 aromatic carbocycles. The normalized spacial score (nSPS) is 10.8. The summed E-state index contributed by atoms with van der Waals surface area (Å²) in [6.45, 7) is 7.01. The number of carbonyl (C=O) groups excluding carboxylic acids is 2. The van der Waals surface area contributed by atoms with Crippen LogP contribution in [0.1, 0.15) is 33.6 Å². The summed E-state index contributed by atoms with van der Waals surface area (Å²) in [5.41, 5.74) is 0. The second-order valence-electron chi connectivity index (χ2n) is 5.26. The molecule has 0 saturated heterocycles. The first-order valence-electron chi connectivity index (χ1n) is 6.68. The SMILES string of the molecule is CCCOCCC(=O)N[CH2][Hg][C](C)(C)C(=O)N(C)N. The number of nitrogens with zero attached hydrogens (tertiary/aromatic N) is 1. The molecule has 0 radical (unpaired) electrons. The van der Waals surface area contributed by atoms with Crippen LogP contribution in [-0.4, -0.2) is 41.1 Å². The molecule has 7 heteroatoms. The van der Waals surface area contributed by atoms with Crippen molar-refractivity contribution in [3.63, 3.8) is 0 Å². The molecular weight excluding hydrogens is 435 g/mol. The molecule has 0 rings (SSSR count). The third kappa shape index (κ3) is 8.54. The summed E-state index contributed by atoms with van der Waals surface area (Å²) in [6.07, 6.45) is 1.35. The average molecular weight is 460 g/mol. The van der Waals surface area contributed by atoms with Gasteiger partial charge in [-0.1, -0.05) is 0 Å². The molecule has 0 saturated carbocycles. The Morgan fingerprint density at radius 3 is 2.53 bits per heavy atom. The predicted octanol–water partition coefficient (Wildman–Crippen LogP) is 0.490. The third-order valence-electron chi connectivity index (χ3n) is 2.79. The second kappa shape index (κ2) is 9.66. The number of rotatable bonds is 9. The van der Waals surface area contributed by atoms with Crippen molar-refractivity contribution in [3.05, 3.63) is 0 Å². The van der Waals surface area contributed by atoms with Gasteiger partial charge in [0.15, 0.2) is 0 Å². The number of hydrazine groups is 1. The Kier molecular flexibility index (Phi) is 9.56. The monoisotopic (exact) mass is 461 g/mol. The van der Waals surface area contributed by atoms with Gasteiger partial charge in [-0.05, 0) is 0 Å². The number of nitrogens with two attached hydrogens (primary N) is 1. The number of ether oxygens (including phenoxy) is 1. The van der Waals surface area contributed by atoms with E-state index < -0.39 is 24.6 Å². The van der Waals surface area contributed by atoms with Gasteiger partial charge in [0.2, 0.25) is 0 Å². The van der Waals surface area contributed by atoms with Gasteiger partial charge >= 0.3 is 128 Å². The van der Waals surface area contributed by atoms with Crippen molar-refractivity contribution in [2.45, 2.75) is 36.5 Å². The van der Waals surface area contributed by atoms with Crippen LogP contribution in [-0.2, 0) is 38.9 Å². The van der Waals surface area contributed by atoms with E-state index in [-0.39, 0.29) is 14.7 Å². The minimum absolute atomic E-state index is 0.000421. The van der Waals surface area contributed by atoms with E-state index in [1.54, 1.807) is 7.05 Å². The first-order valence-corrected chi connectivity index (χ1v) is 13.3. The zero-order chi connectivity index (χ0) is 14.9. The van der Waals surface area contributed by atoms with Crippen molar-refractivity contribution in [1.82, 2.24) is 10.3 Å². The summed E-state index contributed by atoms with van der Waals surface area (Å²) in [7, 11) is 1.56. The van der Waals surface area contributed by atoms with Crippen LogP contribution in [0, 0.1) is 0 Å². The van der Waals surface area contributed by atoms with Crippen LogP contribution in [0.4, 0.5) is 0 Å². The summed E-state index contributed by atoms with van der Waals surface area (Å²) in [6, 6.07) is 0. The van der Waals surface area contributed by atoms with Crippen LogP contribution in [0.2, 0.25) is 2.92 Å². The maximum absolute atomic E-state index is 11.8. The minimum atomic E-state index is -1.56. The van der Waals surface area contributed by atoms with Crippen molar-refractivity contribution in [2.75, 3.05) is 24.3 Å². The van der Waals surface area contributed by atoms with Crippen LogP contribution in [0.5, 0.6) is 0 Å². The maximum atomic E-state index is 11.8. The summed E-state index contributed by atoms with van der Waals surface area (Å²) in [5, 5.41) is 4.02. The van der Waals surface area contributed by atoms with Gasteiger partial charge in [-0.2, -0.15) is 0 Å². The Morgan fingerprint density at radius 2 is 2.00 bits per heavy atom. The molecule has 0 atom stereocenters. The summed E-state index contributed by atoms with van der Waals surface area (Å²) >= 11 is -1.56. The first-order chi connectivity index (χ1) is 8.81. The van der Waals surface area contributed by atoms with E-state index in [4.69, 9.17) is 10.6 Å². The fourth-order valence-electron chi connectivity index (χ4n) is 1.60. The average Bonchev–Trinajstić information content (AvgIpc) is 2.33. The second-order valence-corrected chi connectivity index (χ2v) is 16.0. The van der Waals surface area contributed by atoms with Crippen LogP contribution < -0.4 is 11.2 Å². The van der Waals surface area contributed by atoms with E-state index in [1.165, 1.54) is 0 Å². The molecule has 0 bridgehead atoms. The van der Waals surface area contributed by atoms with Gasteiger partial charge < -0.3 is 0 Å². The molecule has 0 aromatic rings. The predicted molar refractivity (Wildman–Crippen MR) is 69.7 cm³/mol. The van der Waals surface area contributed by atoms with Crippen molar-refractivity contribution in [3.8, 4) is 0 Å². The summed E-state index contributed by atoms with van der Waals surface area (Å²) < 4.78 is 5.58. The Balaban J connectivity index is 3.83. The molecule has 0 aliphatic heterocycles. The molecule has 108 valence electrons. The van der Waals surface area contributed by atoms with E-state index in [2.05, 4.69) is 5.32 Å². The number of amides is 2. The van der Waals surface area contributed by atoms with Crippen LogP contribution >= 0.6 is 0 Å².